The first-order chi connectivity index (χ1) is 16.5. The van der Waals surface area contributed by atoms with E-state index in [0.29, 0.717) is 29.3 Å². The number of hydrogen-bond acceptors (Lipinski definition) is 7. The normalized spacial score (nSPS) is 15.5. The van der Waals surface area contributed by atoms with E-state index in [2.05, 4.69) is 25.9 Å². The van der Waals surface area contributed by atoms with Crippen LogP contribution in [0.4, 0.5) is 5.82 Å². The first-order valence-corrected chi connectivity index (χ1v) is 11.9. The second-order valence-corrected chi connectivity index (χ2v) is 8.85. The van der Waals surface area contributed by atoms with Gasteiger partial charge < -0.3 is 19.7 Å². The van der Waals surface area contributed by atoms with Crippen molar-refractivity contribution in [2.75, 3.05) is 5.32 Å². The van der Waals surface area contributed by atoms with E-state index >= 15 is 0 Å². The highest BCUT2D eigenvalue weighted by atomic mass is 16.5. The third kappa shape index (κ3) is 5.18. The molecule has 2 N–H and O–H groups in total. The topological polar surface area (TPSA) is 123 Å². The zero-order chi connectivity index (χ0) is 24.1. The molecule has 0 aromatic carbocycles. The Hall–Kier alpha value is -3.49. The molecule has 0 bridgehead atoms. The van der Waals surface area contributed by atoms with Gasteiger partial charge in [0.25, 0.3) is 5.91 Å². The number of carbonyl (C=O) groups excluding carboxylic acids is 2. The molecule has 0 radical (unpaired) electrons. The lowest BCUT2D eigenvalue weighted by atomic mass is 9.90. The molecule has 4 rings (SSSR count). The van der Waals surface area contributed by atoms with Crippen molar-refractivity contribution in [3.63, 3.8) is 0 Å². The summed E-state index contributed by atoms with van der Waals surface area (Å²) in [7, 11) is 0. The van der Waals surface area contributed by atoms with Gasteiger partial charge in [-0.1, -0.05) is 42.9 Å². The summed E-state index contributed by atoms with van der Waals surface area (Å²) in [4.78, 5) is 30.8. The Morgan fingerprint density at radius 3 is 2.50 bits per heavy atom. The first-order valence-electron chi connectivity index (χ1n) is 11.9. The van der Waals surface area contributed by atoms with Crippen molar-refractivity contribution in [1.29, 1.82) is 0 Å². The van der Waals surface area contributed by atoms with Gasteiger partial charge in [0.1, 0.15) is 29.4 Å². The molecule has 1 unspecified atom stereocenters. The van der Waals surface area contributed by atoms with Crippen LogP contribution in [0, 0.1) is 19.8 Å². The predicted octanol–water partition coefficient (Wildman–Crippen LogP) is 4.61. The maximum absolute atomic E-state index is 13.4. The molecule has 3 aromatic heterocycles. The minimum atomic E-state index is -0.672. The molecule has 1 aliphatic rings. The van der Waals surface area contributed by atoms with E-state index in [1.54, 1.807) is 12.3 Å². The van der Waals surface area contributed by atoms with E-state index in [-0.39, 0.29) is 17.7 Å². The van der Waals surface area contributed by atoms with Crippen LogP contribution in [0.3, 0.4) is 0 Å². The quantitative estimate of drug-likeness (QED) is 0.488. The van der Waals surface area contributed by atoms with Gasteiger partial charge in [-0.05, 0) is 51.2 Å². The molecule has 1 aliphatic carbocycles. The molecule has 1 fully saturated rings. The van der Waals surface area contributed by atoms with Crippen LogP contribution < -0.4 is 10.6 Å². The SMILES string of the molecule is CCc1nocc1C(=O)NC(C(=O)Nc1ccc(-c2c(C)noc2C)cn1)C1CCCCCC1. The molecular formula is C25H31N5O4. The minimum absolute atomic E-state index is 0.0537. The lowest BCUT2D eigenvalue weighted by Gasteiger charge is -2.26. The summed E-state index contributed by atoms with van der Waals surface area (Å²) in [6.45, 7) is 5.63. The Bertz CT molecular complexity index is 1110. The van der Waals surface area contributed by atoms with E-state index in [9.17, 15) is 9.59 Å². The molecular weight excluding hydrogens is 434 g/mol. The van der Waals surface area contributed by atoms with E-state index in [4.69, 9.17) is 9.05 Å². The Balaban J connectivity index is 1.52. The second-order valence-electron chi connectivity index (χ2n) is 8.85. The number of nitrogens with one attached hydrogen (secondary N) is 2. The lowest BCUT2D eigenvalue weighted by molar-refractivity contribution is -0.119. The Morgan fingerprint density at radius 1 is 1.12 bits per heavy atom. The summed E-state index contributed by atoms with van der Waals surface area (Å²) >= 11 is 0. The van der Waals surface area contributed by atoms with Crippen LogP contribution in [-0.2, 0) is 11.2 Å². The van der Waals surface area contributed by atoms with E-state index in [1.807, 2.05) is 26.8 Å². The highest BCUT2D eigenvalue weighted by molar-refractivity contribution is 6.01. The smallest absolute Gasteiger partial charge is 0.257 e. The number of aryl methyl sites for hydroxylation is 3. The Morgan fingerprint density at radius 2 is 1.88 bits per heavy atom. The van der Waals surface area contributed by atoms with E-state index in [1.165, 1.54) is 6.26 Å². The summed E-state index contributed by atoms with van der Waals surface area (Å²) in [6, 6.07) is 2.95. The fraction of sp³-hybridized carbons (Fsp3) is 0.480. The highest BCUT2D eigenvalue weighted by Crippen LogP contribution is 2.28. The molecule has 0 aliphatic heterocycles. The number of pyridine rings is 1. The average Bonchev–Trinajstić information content (AvgIpc) is 3.34. The molecule has 9 heteroatoms. The van der Waals surface area contributed by atoms with E-state index < -0.39 is 6.04 Å². The van der Waals surface area contributed by atoms with Crippen LogP contribution in [0.2, 0.25) is 0 Å². The fourth-order valence-electron chi connectivity index (χ4n) is 4.67. The van der Waals surface area contributed by atoms with Crippen molar-refractivity contribution in [1.82, 2.24) is 20.6 Å². The highest BCUT2D eigenvalue weighted by Gasteiger charge is 2.32. The standard InChI is InChI=1S/C25H31N5O4/c1-4-20-19(14-33-30-20)24(31)28-23(17-9-7-5-6-8-10-17)25(32)27-21-12-11-18(13-26-21)22-15(2)29-34-16(22)3/h11-14,17,23H,4-10H2,1-3H3,(H,28,31)(H,26,27,32). The van der Waals surface area contributed by atoms with Gasteiger partial charge in [0.2, 0.25) is 5.91 Å². The van der Waals surface area contributed by atoms with Gasteiger partial charge in [-0.25, -0.2) is 4.98 Å². The van der Waals surface area contributed by atoms with Crippen molar-refractivity contribution >= 4 is 17.6 Å². The van der Waals surface area contributed by atoms with Gasteiger partial charge in [-0.2, -0.15) is 0 Å². The van der Waals surface area contributed by atoms with Crippen molar-refractivity contribution in [3.8, 4) is 11.1 Å². The number of rotatable bonds is 7. The third-order valence-corrected chi connectivity index (χ3v) is 6.50. The number of aromatic nitrogens is 3. The van der Waals surface area contributed by atoms with Gasteiger partial charge >= 0.3 is 0 Å². The fourth-order valence-corrected chi connectivity index (χ4v) is 4.67. The Labute approximate surface area is 198 Å². The number of amides is 2. The van der Waals surface area contributed by atoms with Crippen molar-refractivity contribution in [2.45, 2.75) is 71.8 Å². The number of hydrogen-bond donors (Lipinski definition) is 2. The van der Waals surface area contributed by atoms with Crippen LogP contribution in [0.15, 0.2) is 33.6 Å². The summed E-state index contributed by atoms with van der Waals surface area (Å²) < 4.78 is 10.2. The summed E-state index contributed by atoms with van der Waals surface area (Å²) in [5.74, 6) is 0.578. The van der Waals surface area contributed by atoms with Gasteiger partial charge in [-0.15, -0.1) is 0 Å². The molecule has 1 saturated carbocycles. The first kappa shape index (κ1) is 23.7. The van der Waals surface area contributed by atoms with Crippen molar-refractivity contribution < 1.29 is 18.6 Å². The van der Waals surface area contributed by atoms with Crippen LogP contribution >= 0.6 is 0 Å². The largest absolute Gasteiger partial charge is 0.364 e. The molecule has 3 aromatic rings. The van der Waals surface area contributed by atoms with Crippen LogP contribution in [-0.4, -0.2) is 33.2 Å². The van der Waals surface area contributed by atoms with Gasteiger partial charge in [0.15, 0.2) is 0 Å². The molecule has 0 saturated heterocycles. The number of nitrogens with zero attached hydrogens (tertiary/aromatic N) is 3. The maximum atomic E-state index is 13.4. The monoisotopic (exact) mass is 465 g/mol. The molecule has 34 heavy (non-hydrogen) atoms. The lowest BCUT2D eigenvalue weighted by Crippen LogP contribution is -2.48. The van der Waals surface area contributed by atoms with Crippen LogP contribution in [0.25, 0.3) is 11.1 Å². The molecule has 1 atom stereocenters. The second kappa shape index (κ2) is 10.6. The van der Waals surface area contributed by atoms with Gasteiger partial charge in [0.05, 0.1) is 11.4 Å². The summed E-state index contributed by atoms with van der Waals surface area (Å²) in [5, 5.41) is 13.7. The van der Waals surface area contributed by atoms with Crippen molar-refractivity contribution in [3.05, 3.63) is 47.3 Å². The zero-order valence-corrected chi connectivity index (χ0v) is 19.9. The van der Waals surface area contributed by atoms with Crippen LogP contribution in [0.1, 0.15) is 73.0 Å². The molecule has 9 nitrogen and oxygen atoms in total. The van der Waals surface area contributed by atoms with Gasteiger partial charge in [0, 0.05) is 17.3 Å². The summed E-state index contributed by atoms with van der Waals surface area (Å²) in [5.41, 5.74) is 3.49. The average molecular weight is 466 g/mol. The van der Waals surface area contributed by atoms with E-state index in [0.717, 1.165) is 55.3 Å². The molecule has 180 valence electrons. The molecule has 2 amide bonds. The predicted molar refractivity (Wildman–Crippen MR) is 126 cm³/mol. The third-order valence-electron chi connectivity index (χ3n) is 6.50. The maximum Gasteiger partial charge on any atom is 0.257 e. The molecule has 0 spiro atoms. The Kier molecular flexibility index (Phi) is 7.40. The van der Waals surface area contributed by atoms with Gasteiger partial charge in [-0.3, -0.25) is 9.59 Å². The number of anilines is 1. The van der Waals surface area contributed by atoms with Crippen LogP contribution in [0.5, 0.6) is 0 Å². The summed E-state index contributed by atoms with van der Waals surface area (Å²) in [6.07, 6.45) is 9.76. The molecule has 3 heterocycles. The minimum Gasteiger partial charge on any atom is -0.364 e. The number of carbonyl (C=O) groups is 2. The van der Waals surface area contributed by atoms with Crippen molar-refractivity contribution in [2.24, 2.45) is 5.92 Å². The zero-order valence-electron chi connectivity index (χ0n) is 19.9.